The molecule has 3 heteroatoms. The van der Waals surface area contributed by atoms with Gasteiger partial charge in [0, 0.05) is 50.6 Å². The number of hydrogen-bond acceptors (Lipinski definition) is 3. The van der Waals surface area contributed by atoms with Crippen molar-refractivity contribution in [3.8, 4) is 33.5 Å². The summed E-state index contributed by atoms with van der Waals surface area (Å²) < 4.78 is 6.63. The van der Waals surface area contributed by atoms with Crippen LogP contribution in [0.15, 0.2) is 89.5 Å². The lowest BCUT2D eigenvalue weighted by molar-refractivity contribution is 0.589. The maximum absolute atomic E-state index is 6.63. The second-order valence-electron chi connectivity index (χ2n) is 13.5. The first kappa shape index (κ1) is 25.6. The van der Waals surface area contributed by atoms with Crippen molar-refractivity contribution >= 4 is 33.3 Å². The highest BCUT2D eigenvalue weighted by Crippen LogP contribution is 2.49. The molecule has 0 fully saturated rings. The molecule has 4 aromatic carbocycles. The van der Waals surface area contributed by atoms with Crippen LogP contribution in [0.1, 0.15) is 58.2 Å². The Balaban J connectivity index is 1.56. The Morgan fingerprint density at radius 1 is 0.659 bits per heavy atom. The summed E-state index contributed by atoms with van der Waals surface area (Å²) in [7, 11) is 0. The molecule has 0 amide bonds. The van der Waals surface area contributed by atoms with Gasteiger partial charge in [-0.25, -0.2) is 0 Å². The van der Waals surface area contributed by atoms with Crippen molar-refractivity contribution < 1.29 is 4.42 Å². The van der Waals surface area contributed by atoms with Gasteiger partial charge in [0.15, 0.2) is 0 Å². The van der Waals surface area contributed by atoms with E-state index in [0.717, 1.165) is 55.7 Å². The van der Waals surface area contributed by atoms with Gasteiger partial charge in [-0.1, -0.05) is 71.9 Å². The Kier molecular flexibility index (Phi) is 5.50. The molecule has 0 spiro atoms. The SMILES string of the molecule is Cc1c2cc3c(oc4ccccc43)c1-c1cc(-c3cc(C(C)(C)C)ccn3)ccc1Nc1ccc(C(C)(C)C)cc1-2. The van der Waals surface area contributed by atoms with E-state index in [1.54, 1.807) is 0 Å². The molecule has 1 N–H and O–H groups in total. The molecule has 7 rings (SSSR count). The summed E-state index contributed by atoms with van der Waals surface area (Å²) in [5, 5.41) is 6.10. The van der Waals surface area contributed by atoms with Crippen LogP contribution in [0.4, 0.5) is 11.4 Å². The number of aromatic nitrogens is 1. The van der Waals surface area contributed by atoms with E-state index in [-0.39, 0.29) is 10.8 Å². The first-order valence-corrected chi connectivity index (χ1v) is 14.5. The highest BCUT2D eigenvalue weighted by molar-refractivity contribution is 6.14. The van der Waals surface area contributed by atoms with Crippen molar-refractivity contribution in [2.75, 3.05) is 5.32 Å². The molecule has 0 atom stereocenters. The molecule has 1 aliphatic rings. The lowest BCUT2D eigenvalue weighted by Crippen LogP contribution is -2.12. The van der Waals surface area contributed by atoms with Crippen LogP contribution in [0, 0.1) is 6.92 Å². The molecule has 1 aliphatic heterocycles. The predicted molar refractivity (Wildman–Crippen MR) is 173 cm³/mol. The minimum Gasteiger partial charge on any atom is -0.455 e. The maximum atomic E-state index is 6.63. The number of anilines is 2. The van der Waals surface area contributed by atoms with E-state index >= 15 is 0 Å². The fourth-order valence-electron chi connectivity index (χ4n) is 6.12. The summed E-state index contributed by atoms with van der Waals surface area (Å²) in [6, 6.07) is 28.6. The second kappa shape index (κ2) is 8.81. The Bertz CT molecular complexity index is 2000. The third-order valence-electron chi connectivity index (χ3n) is 8.58. The van der Waals surface area contributed by atoms with Crippen LogP contribution < -0.4 is 5.32 Å². The van der Waals surface area contributed by atoms with Gasteiger partial charge in [0.05, 0.1) is 5.69 Å². The van der Waals surface area contributed by atoms with E-state index < -0.39 is 0 Å². The van der Waals surface area contributed by atoms with Gasteiger partial charge in [-0.2, -0.15) is 0 Å². The Morgan fingerprint density at radius 2 is 1.37 bits per heavy atom. The molecule has 0 aliphatic carbocycles. The van der Waals surface area contributed by atoms with Gasteiger partial charge in [-0.3, -0.25) is 4.98 Å². The molecular weight excluding hydrogens is 500 g/mol. The number of furan rings is 1. The van der Waals surface area contributed by atoms with Crippen molar-refractivity contribution in [1.82, 2.24) is 4.98 Å². The van der Waals surface area contributed by atoms with Crippen LogP contribution >= 0.6 is 0 Å². The number of benzene rings is 4. The van der Waals surface area contributed by atoms with Crippen molar-refractivity contribution in [1.29, 1.82) is 0 Å². The Morgan fingerprint density at radius 3 is 2.15 bits per heavy atom. The summed E-state index contributed by atoms with van der Waals surface area (Å²) in [6.45, 7) is 15.8. The monoisotopic (exact) mass is 536 g/mol. The summed E-state index contributed by atoms with van der Waals surface area (Å²) in [5.41, 5.74) is 14.7. The molecular formula is C38H36N2O. The molecule has 0 saturated carbocycles. The van der Waals surface area contributed by atoms with Crippen molar-refractivity contribution in [2.24, 2.45) is 0 Å². The number of nitrogens with one attached hydrogen (secondary N) is 1. The molecule has 3 heterocycles. The number of para-hydroxylation sites is 1. The van der Waals surface area contributed by atoms with E-state index in [1.165, 1.54) is 27.8 Å². The van der Waals surface area contributed by atoms with Gasteiger partial charge in [0.2, 0.25) is 0 Å². The Labute approximate surface area is 242 Å². The van der Waals surface area contributed by atoms with E-state index in [0.29, 0.717) is 0 Å². The minimum atomic E-state index is 0.0436. The van der Waals surface area contributed by atoms with E-state index in [2.05, 4.69) is 127 Å². The smallest absolute Gasteiger partial charge is 0.143 e. The highest BCUT2D eigenvalue weighted by atomic mass is 16.3. The zero-order valence-corrected chi connectivity index (χ0v) is 24.9. The number of pyridine rings is 1. The quantitative estimate of drug-likeness (QED) is 0.227. The van der Waals surface area contributed by atoms with Crippen LogP contribution in [0.5, 0.6) is 0 Å². The number of nitrogens with zero attached hydrogens (tertiary/aromatic N) is 1. The Hall–Kier alpha value is -4.37. The van der Waals surface area contributed by atoms with Crippen molar-refractivity contribution in [3.63, 3.8) is 0 Å². The molecule has 41 heavy (non-hydrogen) atoms. The largest absolute Gasteiger partial charge is 0.455 e. The zero-order chi connectivity index (χ0) is 28.7. The van der Waals surface area contributed by atoms with Gasteiger partial charge >= 0.3 is 0 Å². The van der Waals surface area contributed by atoms with Gasteiger partial charge in [0.1, 0.15) is 11.2 Å². The van der Waals surface area contributed by atoms with Crippen LogP contribution in [-0.2, 0) is 10.8 Å². The molecule has 3 nitrogen and oxygen atoms in total. The van der Waals surface area contributed by atoms with Crippen LogP contribution in [0.3, 0.4) is 0 Å². The highest BCUT2D eigenvalue weighted by Gasteiger charge is 2.26. The molecule has 204 valence electrons. The minimum absolute atomic E-state index is 0.0436. The molecule has 0 unspecified atom stereocenters. The van der Waals surface area contributed by atoms with Crippen molar-refractivity contribution in [2.45, 2.75) is 59.3 Å². The third-order valence-corrected chi connectivity index (χ3v) is 8.58. The van der Waals surface area contributed by atoms with Crippen molar-refractivity contribution in [3.05, 3.63) is 102 Å². The maximum Gasteiger partial charge on any atom is 0.143 e. The van der Waals surface area contributed by atoms with E-state index in [4.69, 9.17) is 9.40 Å². The molecule has 0 radical (unpaired) electrons. The lowest BCUT2D eigenvalue weighted by atomic mass is 9.82. The van der Waals surface area contributed by atoms with Gasteiger partial charge in [-0.15, -0.1) is 0 Å². The number of hydrogen-bond donors (Lipinski definition) is 1. The molecule has 2 aromatic heterocycles. The van der Waals surface area contributed by atoms with Gasteiger partial charge < -0.3 is 9.73 Å². The third kappa shape index (κ3) is 4.14. The molecule has 6 aromatic rings. The summed E-state index contributed by atoms with van der Waals surface area (Å²) in [6.07, 6.45) is 1.93. The fraction of sp³-hybridized carbons (Fsp3) is 0.237. The topological polar surface area (TPSA) is 38.1 Å². The number of fused-ring (bicyclic) bond motifs is 10. The summed E-state index contributed by atoms with van der Waals surface area (Å²) in [4.78, 5) is 4.79. The van der Waals surface area contributed by atoms with Crippen LogP contribution in [0.2, 0.25) is 0 Å². The first-order valence-electron chi connectivity index (χ1n) is 14.5. The summed E-state index contributed by atoms with van der Waals surface area (Å²) in [5.74, 6) is 0. The van der Waals surface area contributed by atoms with Crippen LogP contribution in [0.25, 0.3) is 55.4 Å². The van der Waals surface area contributed by atoms with Crippen LogP contribution in [-0.4, -0.2) is 4.98 Å². The average Bonchev–Trinajstić information content (AvgIpc) is 3.30. The molecule has 0 saturated heterocycles. The molecule has 2 bridgehead atoms. The zero-order valence-electron chi connectivity index (χ0n) is 24.9. The van der Waals surface area contributed by atoms with Gasteiger partial charge in [-0.05, 0) is 88.5 Å². The summed E-state index contributed by atoms with van der Waals surface area (Å²) >= 11 is 0. The number of rotatable bonds is 1. The standard InChI is InChI=1S/C38H36N2O/c1-22-27-21-29-26-10-8-9-11-34(26)41-36(29)35(22)30-18-23(33-20-25(16-17-39-33)38(5,6)7)12-14-32(30)40-31-15-13-24(19-28(27)31)37(2,3)4/h8-21,40H,1-7H3. The van der Waals surface area contributed by atoms with Gasteiger partial charge in [0.25, 0.3) is 0 Å². The lowest BCUT2D eigenvalue weighted by Gasteiger charge is -2.26. The normalized spacial score (nSPS) is 13.0. The van der Waals surface area contributed by atoms with E-state index in [1.807, 2.05) is 12.3 Å². The second-order valence-corrected chi connectivity index (χ2v) is 13.5. The van der Waals surface area contributed by atoms with E-state index in [9.17, 15) is 0 Å². The fourth-order valence-corrected chi connectivity index (χ4v) is 6.12. The average molecular weight is 537 g/mol. The predicted octanol–water partition coefficient (Wildman–Crippen LogP) is 10.9. The first-order chi connectivity index (χ1) is 19.5.